The zero-order valence-electron chi connectivity index (χ0n) is 16.4. The van der Waals surface area contributed by atoms with Gasteiger partial charge >= 0.3 is 5.97 Å². The van der Waals surface area contributed by atoms with Crippen molar-refractivity contribution in [1.29, 1.82) is 0 Å². The molecule has 4 rings (SSSR count). The summed E-state index contributed by atoms with van der Waals surface area (Å²) in [5.74, 6) is 0.0784. The predicted octanol–water partition coefficient (Wildman–Crippen LogP) is 4.10. The number of carbonyl (C=O) groups is 1. The first-order chi connectivity index (χ1) is 14.8. The van der Waals surface area contributed by atoms with E-state index >= 15 is 0 Å². The van der Waals surface area contributed by atoms with Crippen molar-refractivity contribution in [3.63, 3.8) is 0 Å². The van der Waals surface area contributed by atoms with Gasteiger partial charge in [0.05, 0.1) is 27.5 Å². The van der Waals surface area contributed by atoms with Crippen molar-refractivity contribution in [3.8, 4) is 11.3 Å². The van der Waals surface area contributed by atoms with Crippen LogP contribution in [0.5, 0.6) is 0 Å². The van der Waals surface area contributed by atoms with E-state index in [4.69, 9.17) is 28.9 Å². The van der Waals surface area contributed by atoms with Crippen LogP contribution >= 0.6 is 23.2 Å². The van der Waals surface area contributed by atoms with Gasteiger partial charge in [-0.2, -0.15) is 4.98 Å². The fraction of sp³-hybridized carbons (Fsp3) is 0.143. The Balaban J connectivity index is 1.65. The van der Waals surface area contributed by atoms with E-state index in [1.807, 2.05) is 29.7 Å². The number of aromatic nitrogens is 4. The summed E-state index contributed by atoms with van der Waals surface area (Å²) in [6, 6.07) is 9.55. The van der Waals surface area contributed by atoms with Crippen molar-refractivity contribution in [2.45, 2.75) is 19.4 Å². The third kappa shape index (κ3) is 4.40. The van der Waals surface area contributed by atoms with Gasteiger partial charge in [-0.15, -0.1) is 0 Å². The highest BCUT2D eigenvalue weighted by Crippen LogP contribution is 2.27. The number of rotatable bonds is 6. The number of pyridine rings is 1. The largest absolute Gasteiger partial charge is 0.480 e. The number of aliphatic carboxylic acids is 1. The zero-order valence-corrected chi connectivity index (χ0v) is 17.9. The molecule has 0 saturated heterocycles. The quantitative estimate of drug-likeness (QED) is 0.399. The number of hydrogen-bond donors (Lipinski definition) is 3. The molecule has 0 aliphatic heterocycles. The Morgan fingerprint density at radius 3 is 2.84 bits per heavy atom. The molecule has 1 aromatic carbocycles. The molecule has 4 N–H and O–H groups in total. The number of carboxylic acids is 1. The summed E-state index contributed by atoms with van der Waals surface area (Å²) >= 11 is 12.3. The first-order valence-electron chi connectivity index (χ1n) is 9.32. The second kappa shape index (κ2) is 8.41. The number of imidazole rings is 1. The van der Waals surface area contributed by atoms with E-state index < -0.39 is 12.0 Å². The number of carboxylic acid groups (broad SMARTS) is 1. The van der Waals surface area contributed by atoms with Crippen molar-refractivity contribution in [2.24, 2.45) is 0 Å². The van der Waals surface area contributed by atoms with Crippen LogP contribution < -0.4 is 11.1 Å². The van der Waals surface area contributed by atoms with Gasteiger partial charge < -0.3 is 20.6 Å². The molecular weight excluding hydrogens is 439 g/mol. The monoisotopic (exact) mass is 456 g/mol. The lowest BCUT2D eigenvalue weighted by molar-refractivity contribution is -0.137. The Morgan fingerprint density at radius 2 is 2.06 bits per heavy atom. The smallest absolute Gasteiger partial charge is 0.326 e. The molecule has 8 nitrogen and oxygen atoms in total. The summed E-state index contributed by atoms with van der Waals surface area (Å²) in [7, 11) is 0. The second-order valence-electron chi connectivity index (χ2n) is 6.97. The minimum atomic E-state index is -1.06. The van der Waals surface area contributed by atoms with Crippen LogP contribution in [0.2, 0.25) is 10.0 Å². The maximum Gasteiger partial charge on any atom is 0.326 e. The summed E-state index contributed by atoms with van der Waals surface area (Å²) in [6.45, 7) is 1.90. The summed E-state index contributed by atoms with van der Waals surface area (Å²) in [5.41, 5.74) is 8.80. The molecule has 3 heterocycles. The molecule has 0 aliphatic carbocycles. The number of anilines is 2. The fourth-order valence-electron chi connectivity index (χ4n) is 3.26. The van der Waals surface area contributed by atoms with E-state index in [1.165, 1.54) is 0 Å². The predicted molar refractivity (Wildman–Crippen MR) is 121 cm³/mol. The minimum Gasteiger partial charge on any atom is -0.480 e. The van der Waals surface area contributed by atoms with Gasteiger partial charge in [0.25, 0.3) is 0 Å². The van der Waals surface area contributed by atoms with Crippen molar-refractivity contribution < 1.29 is 9.90 Å². The summed E-state index contributed by atoms with van der Waals surface area (Å²) in [6.07, 6.45) is 3.77. The average Bonchev–Trinajstić information content (AvgIpc) is 3.10. The maximum absolute atomic E-state index is 11.9. The summed E-state index contributed by atoms with van der Waals surface area (Å²) in [5, 5.41) is 13.3. The lowest BCUT2D eigenvalue weighted by Gasteiger charge is -2.17. The number of aryl methyl sites for hydroxylation is 1. The summed E-state index contributed by atoms with van der Waals surface area (Å²) in [4.78, 5) is 24.6. The van der Waals surface area contributed by atoms with Crippen molar-refractivity contribution in [3.05, 3.63) is 70.2 Å². The lowest BCUT2D eigenvalue weighted by Crippen LogP contribution is -2.32. The molecule has 3 aromatic heterocycles. The third-order valence-corrected chi connectivity index (χ3v) is 5.69. The SMILES string of the molecule is Cc1ncc2ccc(-c3cc(NC(Cc4cccc(Cl)c4Cl)C(=O)O)nc(N)n3)cn12. The number of fused-ring (bicyclic) bond motifs is 1. The Kier molecular flexibility index (Phi) is 5.67. The molecular formula is C21H18Cl2N6O2. The van der Waals surface area contributed by atoms with Crippen molar-refractivity contribution in [2.75, 3.05) is 11.1 Å². The van der Waals surface area contributed by atoms with E-state index in [0.29, 0.717) is 21.3 Å². The van der Waals surface area contributed by atoms with E-state index in [1.54, 1.807) is 30.5 Å². The molecule has 4 aromatic rings. The van der Waals surface area contributed by atoms with Gasteiger partial charge in [0.2, 0.25) is 5.95 Å². The molecule has 10 heteroatoms. The molecule has 31 heavy (non-hydrogen) atoms. The molecule has 0 amide bonds. The number of nitrogens with zero attached hydrogens (tertiary/aromatic N) is 4. The Bertz CT molecular complexity index is 1290. The van der Waals surface area contributed by atoms with E-state index in [2.05, 4.69) is 20.3 Å². The maximum atomic E-state index is 11.9. The molecule has 1 unspecified atom stereocenters. The van der Waals surface area contributed by atoms with Crippen molar-refractivity contribution in [1.82, 2.24) is 19.4 Å². The van der Waals surface area contributed by atoms with Gasteiger partial charge in [-0.3, -0.25) is 0 Å². The first-order valence-corrected chi connectivity index (χ1v) is 10.1. The standard InChI is InChI=1S/C21H18Cl2N6O2/c1-11-25-9-14-6-5-13(10-29(11)14)16-8-18(28-21(24)27-16)26-17(20(30)31)7-12-3-2-4-15(22)19(12)23/h2-6,8-10,17H,7H2,1H3,(H,30,31)(H3,24,26,27,28). The Labute approximate surface area is 187 Å². The molecule has 0 spiro atoms. The van der Waals surface area contributed by atoms with Crippen LogP contribution in [-0.4, -0.2) is 36.5 Å². The minimum absolute atomic E-state index is 0.0207. The van der Waals surface area contributed by atoms with Crippen LogP contribution in [-0.2, 0) is 11.2 Å². The van der Waals surface area contributed by atoms with Crippen molar-refractivity contribution >= 4 is 46.5 Å². The third-order valence-electron chi connectivity index (χ3n) is 4.83. The first kappa shape index (κ1) is 20.9. The van der Waals surface area contributed by atoms with Gasteiger partial charge in [-0.1, -0.05) is 35.3 Å². The summed E-state index contributed by atoms with van der Waals surface area (Å²) < 4.78 is 1.93. The van der Waals surface area contributed by atoms with Crippen LogP contribution in [0.1, 0.15) is 11.4 Å². The molecule has 0 bridgehead atoms. The fourth-order valence-corrected chi connectivity index (χ4v) is 3.66. The molecule has 0 fully saturated rings. The van der Waals surface area contributed by atoms with Gasteiger partial charge in [-0.25, -0.2) is 14.8 Å². The lowest BCUT2D eigenvalue weighted by atomic mass is 10.1. The van der Waals surface area contributed by atoms with E-state index in [-0.39, 0.29) is 18.2 Å². The highest BCUT2D eigenvalue weighted by Gasteiger charge is 2.21. The van der Waals surface area contributed by atoms with E-state index in [9.17, 15) is 9.90 Å². The van der Waals surface area contributed by atoms with Crippen LogP contribution in [0.25, 0.3) is 16.8 Å². The van der Waals surface area contributed by atoms with Gasteiger partial charge in [0.15, 0.2) is 0 Å². The zero-order chi connectivity index (χ0) is 22.1. The molecule has 158 valence electrons. The second-order valence-corrected chi connectivity index (χ2v) is 7.75. The van der Waals surface area contributed by atoms with Crippen LogP contribution in [0.4, 0.5) is 11.8 Å². The highest BCUT2D eigenvalue weighted by atomic mass is 35.5. The van der Waals surface area contributed by atoms with Crippen LogP contribution in [0, 0.1) is 6.92 Å². The molecule has 1 atom stereocenters. The number of halogens is 2. The number of hydrogen-bond acceptors (Lipinski definition) is 6. The van der Waals surface area contributed by atoms with Crippen LogP contribution in [0.15, 0.2) is 48.8 Å². The number of nitrogens with two attached hydrogens (primary N) is 1. The van der Waals surface area contributed by atoms with Crippen LogP contribution in [0.3, 0.4) is 0 Å². The topological polar surface area (TPSA) is 118 Å². The van der Waals surface area contributed by atoms with E-state index in [0.717, 1.165) is 16.9 Å². The molecule has 0 aliphatic rings. The average molecular weight is 457 g/mol. The molecule has 0 saturated carbocycles. The van der Waals surface area contributed by atoms with Gasteiger partial charge in [-0.05, 0) is 30.7 Å². The Morgan fingerprint density at radius 1 is 1.26 bits per heavy atom. The van der Waals surface area contributed by atoms with Gasteiger partial charge in [0, 0.05) is 24.2 Å². The normalized spacial score (nSPS) is 12.1. The Hall–Kier alpha value is -3.36. The highest BCUT2D eigenvalue weighted by molar-refractivity contribution is 6.42. The number of nitrogens with one attached hydrogen (secondary N) is 1. The number of nitrogen functional groups attached to an aromatic ring is 1. The number of benzene rings is 1. The molecule has 0 radical (unpaired) electrons. The van der Waals surface area contributed by atoms with Gasteiger partial charge in [0.1, 0.15) is 17.7 Å².